The summed E-state index contributed by atoms with van der Waals surface area (Å²) in [6, 6.07) is 12.3. The molecule has 1 aromatic carbocycles. The van der Waals surface area contributed by atoms with Crippen molar-refractivity contribution in [3.8, 4) is 0 Å². The van der Waals surface area contributed by atoms with Crippen LogP contribution in [0, 0.1) is 5.95 Å². The van der Waals surface area contributed by atoms with Crippen molar-refractivity contribution in [1.29, 1.82) is 0 Å². The molecule has 0 aliphatic carbocycles. The number of halogens is 1. The number of aromatic nitrogens is 2. The summed E-state index contributed by atoms with van der Waals surface area (Å²) in [5, 5.41) is 0. The van der Waals surface area contributed by atoms with E-state index in [1.54, 1.807) is 51.1 Å². The van der Waals surface area contributed by atoms with Gasteiger partial charge in [-0.3, -0.25) is 4.79 Å². The molecule has 7 nitrogen and oxygen atoms in total. The summed E-state index contributed by atoms with van der Waals surface area (Å²) < 4.78 is 24.6. The van der Waals surface area contributed by atoms with Gasteiger partial charge in [0.15, 0.2) is 0 Å². The average Bonchev–Trinajstić information content (AvgIpc) is 3.16. The molecule has 2 heterocycles. The minimum absolute atomic E-state index is 0.0776. The van der Waals surface area contributed by atoms with E-state index in [2.05, 4.69) is 4.98 Å². The maximum Gasteiger partial charge on any atom is 0.419 e. The number of benzene rings is 1. The molecule has 3 aromatic rings. The van der Waals surface area contributed by atoms with E-state index in [1.165, 1.54) is 23.8 Å². The van der Waals surface area contributed by atoms with Crippen molar-refractivity contribution in [1.82, 2.24) is 9.55 Å². The fourth-order valence-corrected chi connectivity index (χ4v) is 3.06. The number of rotatable bonds is 5. The molecule has 0 saturated heterocycles. The van der Waals surface area contributed by atoms with Gasteiger partial charge in [-0.25, -0.2) is 19.1 Å². The van der Waals surface area contributed by atoms with Gasteiger partial charge in [-0.2, -0.15) is 4.39 Å². The van der Waals surface area contributed by atoms with E-state index in [1.807, 2.05) is 0 Å². The lowest BCUT2D eigenvalue weighted by atomic mass is 10.1. The van der Waals surface area contributed by atoms with Crippen LogP contribution in [0.25, 0.3) is 0 Å². The SMILES string of the molecule is COC(=O)c1ccc(Cc2ccc(C(=O)c3ccc(F)nc3)n2C(=O)OC(C)(C)C)cc1. The Morgan fingerprint density at radius 1 is 0.969 bits per heavy atom. The summed E-state index contributed by atoms with van der Waals surface area (Å²) >= 11 is 0. The number of hydrogen-bond donors (Lipinski definition) is 0. The van der Waals surface area contributed by atoms with E-state index in [-0.39, 0.29) is 11.3 Å². The Balaban J connectivity index is 1.98. The zero-order valence-electron chi connectivity index (χ0n) is 18.2. The molecule has 8 heteroatoms. The van der Waals surface area contributed by atoms with Crippen LogP contribution in [0.4, 0.5) is 9.18 Å². The normalized spacial score (nSPS) is 11.2. The number of carbonyl (C=O) groups excluding carboxylic acids is 3. The Hall–Kier alpha value is -3.81. The van der Waals surface area contributed by atoms with Crippen LogP contribution in [0.3, 0.4) is 0 Å². The predicted molar refractivity (Wildman–Crippen MR) is 114 cm³/mol. The second-order valence-corrected chi connectivity index (χ2v) is 8.09. The van der Waals surface area contributed by atoms with Gasteiger partial charge >= 0.3 is 12.1 Å². The summed E-state index contributed by atoms with van der Waals surface area (Å²) in [6.07, 6.45) is 0.715. The molecule has 0 amide bonds. The predicted octanol–water partition coefficient (Wildman–Crippen LogP) is 4.41. The van der Waals surface area contributed by atoms with Gasteiger partial charge in [-0.05, 0) is 62.7 Å². The van der Waals surface area contributed by atoms with Crippen LogP contribution in [0.2, 0.25) is 0 Å². The molecule has 166 valence electrons. The van der Waals surface area contributed by atoms with Crippen molar-refractivity contribution in [2.75, 3.05) is 7.11 Å². The minimum atomic E-state index is -0.779. The van der Waals surface area contributed by atoms with Crippen LogP contribution < -0.4 is 0 Å². The molecule has 0 aliphatic rings. The van der Waals surface area contributed by atoms with Crippen molar-refractivity contribution in [3.05, 3.63) is 88.8 Å². The second-order valence-electron chi connectivity index (χ2n) is 8.09. The maximum atomic E-state index is 13.2. The van der Waals surface area contributed by atoms with E-state index in [0.717, 1.165) is 17.8 Å². The molecule has 0 aliphatic heterocycles. The summed E-state index contributed by atoms with van der Waals surface area (Å²) in [6.45, 7) is 5.18. The fourth-order valence-electron chi connectivity index (χ4n) is 3.06. The highest BCUT2D eigenvalue weighted by Crippen LogP contribution is 2.21. The molecule has 2 aromatic heterocycles. The first-order valence-corrected chi connectivity index (χ1v) is 9.86. The molecular weight excluding hydrogens is 415 g/mol. The summed E-state index contributed by atoms with van der Waals surface area (Å²) in [4.78, 5) is 41.2. The number of ketones is 1. The van der Waals surface area contributed by atoms with E-state index < -0.39 is 29.4 Å². The molecule has 32 heavy (non-hydrogen) atoms. The van der Waals surface area contributed by atoms with Gasteiger partial charge in [0.2, 0.25) is 11.7 Å². The number of hydrogen-bond acceptors (Lipinski definition) is 6. The fraction of sp³-hybridized carbons (Fsp3) is 0.250. The Kier molecular flexibility index (Phi) is 6.53. The van der Waals surface area contributed by atoms with Gasteiger partial charge < -0.3 is 9.47 Å². The van der Waals surface area contributed by atoms with E-state index >= 15 is 0 Å². The molecule has 0 spiro atoms. The smallest absolute Gasteiger partial charge is 0.419 e. The number of ether oxygens (including phenoxy) is 2. The van der Waals surface area contributed by atoms with Gasteiger partial charge in [0.05, 0.1) is 12.7 Å². The minimum Gasteiger partial charge on any atom is -0.465 e. The topological polar surface area (TPSA) is 87.5 Å². The molecule has 0 radical (unpaired) electrons. The zero-order chi connectivity index (χ0) is 23.5. The third kappa shape index (κ3) is 5.26. The lowest BCUT2D eigenvalue weighted by Gasteiger charge is -2.21. The van der Waals surface area contributed by atoms with Crippen molar-refractivity contribution >= 4 is 17.8 Å². The lowest BCUT2D eigenvalue weighted by Crippen LogP contribution is -2.30. The van der Waals surface area contributed by atoms with Gasteiger partial charge in [0, 0.05) is 23.9 Å². The largest absolute Gasteiger partial charge is 0.465 e. The Labute approximate surface area is 184 Å². The van der Waals surface area contributed by atoms with E-state index in [0.29, 0.717) is 17.7 Å². The van der Waals surface area contributed by atoms with Crippen LogP contribution >= 0.6 is 0 Å². The van der Waals surface area contributed by atoms with Crippen LogP contribution in [0.15, 0.2) is 54.7 Å². The number of pyridine rings is 1. The standard InChI is InChI=1S/C24H23FN2O5/c1-24(2,3)32-23(30)27-18(13-15-5-7-16(8-6-15)22(29)31-4)10-11-19(27)21(28)17-9-12-20(25)26-14-17/h5-12,14H,13H2,1-4H3. The molecule has 0 atom stereocenters. The van der Waals surface area contributed by atoms with Gasteiger partial charge in [0.1, 0.15) is 11.3 Å². The van der Waals surface area contributed by atoms with Crippen molar-refractivity contribution < 1.29 is 28.2 Å². The van der Waals surface area contributed by atoms with Gasteiger partial charge in [0.25, 0.3) is 0 Å². The molecule has 0 bridgehead atoms. The van der Waals surface area contributed by atoms with Crippen LogP contribution in [-0.2, 0) is 15.9 Å². The monoisotopic (exact) mass is 438 g/mol. The molecule has 0 saturated carbocycles. The van der Waals surface area contributed by atoms with Crippen LogP contribution in [0.1, 0.15) is 58.4 Å². The average molecular weight is 438 g/mol. The van der Waals surface area contributed by atoms with E-state index in [4.69, 9.17) is 9.47 Å². The number of nitrogens with zero attached hydrogens (tertiary/aromatic N) is 2. The Morgan fingerprint density at radius 2 is 1.62 bits per heavy atom. The molecule has 3 rings (SSSR count). The van der Waals surface area contributed by atoms with Gasteiger partial charge in [-0.1, -0.05) is 12.1 Å². The number of esters is 1. The summed E-state index contributed by atoms with van der Waals surface area (Å²) in [5.74, 6) is -1.65. The first-order chi connectivity index (χ1) is 15.1. The van der Waals surface area contributed by atoms with Crippen molar-refractivity contribution in [3.63, 3.8) is 0 Å². The first-order valence-electron chi connectivity index (χ1n) is 9.86. The highest BCUT2D eigenvalue weighted by molar-refractivity contribution is 6.09. The third-order valence-corrected chi connectivity index (χ3v) is 4.52. The second kappa shape index (κ2) is 9.13. The third-order valence-electron chi connectivity index (χ3n) is 4.52. The molecule has 0 fully saturated rings. The number of carbonyl (C=O) groups is 3. The molecule has 0 unspecified atom stereocenters. The van der Waals surface area contributed by atoms with Crippen molar-refractivity contribution in [2.45, 2.75) is 32.8 Å². The molecule has 0 N–H and O–H groups in total. The zero-order valence-corrected chi connectivity index (χ0v) is 18.2. The number of methoxy groups -OCH3 is 1. The quantitative estimate of drug-likeness (QED) is 0.333. The maximum absolute atomic E-state index is 13.2. The molecular formula is C24H23FN2O5. The summed E-state index contributed by atoms with van der Waals surface area (Å²) in [5.41, 5.74) is 1.17. The lowest BCUT2D eigenvalue weighted by molar-refractivity contribution is 0.0524. The van der Waals surface area contributed by atoms with Crippen LogP contribution in [0.5, 0.6) is 0 Å². The van der Waals surface area contributed by atoms with Crippen LogP contribution in [-0.4, -0.2) is 40.1 Å². The summed E-state index contributed by atoms with van der Waals surface area (Å²) in [7, 11) is 1.30. The Bertz CT molecular complexity index is 1140. The van der Waals surface area contributed by atoms with Crippen molar-refractivity contribution in [2.24, 2.45) is 0 Å². The first kappa shape index (κ1) is 22.9. The van der Waals surface area contributed by atoms with E-state index in [9.17, 15) is 18.8 Å². The highest BCUT2D eigenvalue weighted by atomic mass is 19.1. The van der Waals surface area contributed by atoms with Gasteiger partial charge in [-0.15, -0.1) is 0 Å². The highest BCUT2D eigenvalue weighted by Gasteiger charge is 2.26. The Morgan fingerprint density at radius 3 is 2.19 bits per heavy atom.